The predicted molar refractivity (Wildman–Crippen MR) is 105 cm³/mol. The number of amides is 1. The fourth-order valence-electron chi connectivity index (χ4n) is 4.30. The van der Waals surface area contributed by atoms with Crippen LogP contribution in [0.3, 0.4) is 0 Å². The molecule has 1 saturated carbocycles. The summed E-state index contributed by atoms with van der Waals surface area (Å²) in [6.07, 6.45) is 6.14. The van der Waals surface area contributed by atoms with Crippen LogP contribution in [0.5, 0.6) is 5.75 Å². The number of halogens is 1. The summed E-state index contributed by atoms with van der Waals surface area (Å²) in [7, 11) is 0. The molecule has 2 N–H and O–H groups in total. The van der Waals surface area contributed by atoms with Crippen LogP contribution in [0.15, 0.2) is 24.3 Å². The van der Waals surface area contributed by atoms with Gasteiger partial charge < -0.3 is 15.4 Å². The minimum Gasteiger partial charge on any atom is -0.487 e. The van der Waals surface area contributed by atoms with Crippen molar-refractivity contribution in [3.05, 3.63) is 29.8 Å². The van der Waals surface area contributed by atoms with Gasteiger partial charge in [0.15, 0.2) is 0 Å². The standard InChI is InChI=1S/C19H26N2O2S.ClH/c22-18(11-14-13-24-10-9-20-14)21-16-12-19(7-3-4-8-19)23-17-6-2-1-5-15(16)17;/h1-2,5-6,14,16,20H,3-4,7-13H2,(H,21,22);1H. The molecule has 4 nitrogen and oxygen atoms in total. The molecule has 3 aliphatic rings. The van der Waals surface area contributed by atoms with Crippen LogP contribution in [0.25, 0.3) is 0 Å². The number of rotatable bonds is 3. The average Bonchev–Trinajstić information content (AvgIpc) is 3.03. The van der Waals surface area contributed by atoms with Crippen molar-refractivity contribution in [2.24, 2.45) is 0 Å². The van der Waals surface area contributed by atoms with E-state index in [4.69, 9.17) is 4.74 Å². The number of carbonyl (C=O) groups excluding carboxylic acids is 1. The summed E-state index contributed by atoms with van der Waals surface area (Å²) >= 11 is 1.93. The van der Waals surface area contributed by atoms with E-state index in [-0.39, 0.29) is 30.0 Å². The van der Waals surface area contributed by atoms with Gasteiger partial charge in [-0.2, -0.15) is 11.8 Å². The first-order valence-electron chi connectivity index (χ1n) is 9.13. The molecule has 4 rings (SSSR count). The molecule has 1 aliphatic carbocycles. The molecule has 138 valence electrons. The first-order chi connectivity index (χ1) is 11.7. The maximum absolute atomic E-state index is 12.6. The molecule has 1 amide bonds. The zero-order valence-corrected chi connectivity index (χ0v) is 16.1. The molecule has 25 heavy (non-hydrogen) atoms. The lowest BCUT2D eigenvalue weighted by Crippen LogP contribution is -2.45. The average molecular weight is 383 g/mol. The lowest BCUT2D eigenvalue weighted by Gasteiger charge is -2.40. The Morgan fingerprint density at radius 2 is 2.12 bits per heavy atom. The number of carbonyl (C=O) groups is 1. The summed E-state index contributed by atoms with van der Waals surface area (Å²) in [6, 6.07) is 8.59. The van der Waals surface area contributed by atoms with Gasteiger partial charge in [0.1, 0.15) is 11.4 Å². The summed E-state index contributed by atoms with van der Waals surface area (Å²) in [4.78, 5) is 12.6. The maximum Gasteiger partial charge on any atom is 0.222 e. The molecule has 0 bridgehead atoms. The zero-order valence-electron chi connectivity index (χ0n) is 14.5. The summed E-state index contributed by atoms with van der Waals surface area (Å²) < 4.78 is 6.38. The molecule has 2 unspecified atom stereocenters. The van der Waals surface area contributed by atoms with Gasteiger partial charge in [0.25, 0.3) is 0 Å². The third-order valence-corrected chi connectivity index (χ3v) is 6.61. The highest BCUT2D eigenvalue weighted by molar-refractivity contribution is 7.99. The molecule has 0 aromatic heterocycles. The second kappa shape index (κ2) is 8.19. The van der Waals surface area contributed by atoms with Crippen LogP contribution in [-0.4, -0.2) is 35.6 Å². The van der Waals surface area contributed by atoms with Crippen LogP contribution in [0, 0.1) is 0 Å². The van der Waals surface area contributed by atoms with Crippen LogP contribution in [-0.2, 0) is 4.79 Å². The van der Waals surface area contributed by atoms with Crippen molar-refractivity contribution in [2.45, 2.75) is 56.2 Å². The number of hydrogen-bond acceptors (Lipinski definition) is 4. The molecule has 1 aromatic carbocycles. The van der Waals surface area contributed by atoms with Crippen molar-refractivity contribution in [2.75, 3.05) is 18.1 Å². The second-order valence-electron chi connectivity index (χ2n) is 7.28. The van der Waals surface area contributed by atoms with Crippen LogP contribution >= 0.6 is 24.2 Å². The van der Waals surface area contributed by atoms with E-state index >= 15 is 0 Å². The molecule has 0 radical (unpaired) electrons. The van der Waals surface area contributed by atoms with Crippen molar-refractivity contribution in [1.29, 1.82) is 0 Å². The fraction of sp³-hybridized carbons (Fsp3) is 0.632. The Morgan fingerprint density at radius 1 is 1.32 bits per heavy atom. The molecule has 2 atom stereocenters. The highest BCUT2D eigenvalue weighted by atomic mass is 35.5. The number of ether oxygens (including phenoxy) is 1. The molecule has 2 aliphatic heterocycles. The quantitative estimate of drug-likeness (QED) is 0.840. The number of benzene rings is 1. The van der Waals surface area contributed by atoms with Gasteiger partial charge >= 0.3 is 0 Å². The first-order valence-corrected chi connectivity index (χ1v) is 10.3. The van der Waals surface area contributed by atoms with Gasteiger partial charge in [-0.3, -0.25) is 4.79 Å². The van der Waals surface area contributed by atoms with Gasteiger partial charge in [0, 0.05) is 42.5 Å². The molecule has 2 heterocycles. The van der Waals surface area contributed by atoms with Gasteiger partial charge in [0.05, 0.1) is 6.04 Å². The first kappa shape index (κ1) is 18.9. The predicted octanol–water partition coefficient (Wildman–Crippen LogP) is 3.46. The molecule has 1 spiro atoms. The van der Waals surface area contributed by atoms with Crippen molar-refractivity contribution in [3.63, 3.8) is 0 Å². The topological polar surface area (TPSA) is 50.4 Å². The van der Waals surface area contributed by atoms with Gasteiger partial charge in [-0.15, -0.1) is 12.4 Å². The Bertz CT molecular complexity index is 601. The van der Waals surface area contributed by atoms with Gasteiger partial charge in [-0.1, -0.05) is 18.2 Å². The van der Waals surface area contributed by atoms with E-state index in [0.717, 1.165) is 48.6 Å². The molecule has 1 saturated heterocycles. The lowest BCUT2D eigenvalue weighted by molar-refractivity contribution is -0.122. The van der Waals surface area contributed by atoms with E-state index in [9.17, 15) is 4.79 Å². The number of para-hydroxylation sites is 1. The zero-order chi connectivity index (χ0) is 16.4. The number of thioether (sulfide) groups is 1. The smallest absolute Gasteiger partial charge is 0.222 e. The Hall–Kier alpha value is -0.910. The summed E-state index contributed by atoms with van der Waals surface area (Å²) in [5.41, 5.74) is 1.07. The minimum atomic E-state index is -0.0642. The third kappa shape index (κ3) is 4.26. The molecule has 2 fully saturated rings. The van der Waals surface area contributed by atoms with Crippen molar-refractivity contribution < 1.29 is 9.53 Å². The van der Waals surface area contributed by atoms with E-state index in [2.05, 4.69) is 16.7 Å². The van der Waals surface area contributed by atoms with E-state index in [0.29, 0.717) is 12.5 Å². The maximum atomic E-state index is 12.6. The second-order valence-corrected chi connectivity index (χ2v) is 8.43. The monoisotopic (exact) mass is 382 g/mol. The third-order valence-electron chi connectivity index (χ3n) is 5.48. The summed E-state index contributed by atoms with van der Waals surface area (Å²) in [5, 5.41) is 6.75. The van der Waals surface area contributed by atoms with E-state index < -0.39 is 0 Å². The van der Waals surface area contributed by atoms with Gasteiger partial charge in [0.2, 0.25) is 5.91 Å². The summed E-state index contributed by atoms with van der Waals surface area (Å²) in [6.45, 7) is 1.01. The Kier molecular flexibility index (Phi) is 6.18. The highest BCUT2D eigenvalue weighted by Crippen LogP contribution is 2.47. The Morgan fingerprint density at radius 3 is 2.88 bits per heavy atom. The van der Waals surface area contributed by atoms with Gasteiger partial charge in [-0.25, -0.2) is 0 Å². The van der Waals surface area contributed by atoms with Crippen molar-refractivity contribution in [1.82, 2.24) is 10.6 Å². The van der Waals surface area contributed by atoms with Crippen LogP contribution in [0.1, 0.15) is 50.1 Å². The van der Waals surface area contributed by atoms with Crippen LogP contribution in [0.2, 0.25) is 0 Å². The molecule has 6 heteroatoms. The SMILES string of the molecule is Cl.O=C(CC1CSCCN1)NC1CC2(CCCC2)Oc2ccccc21. The lowest BCUT2D eigenvalue weighted by atomic mass is 9.86. The fourth-order valence-corrected chi connectivity index (χ4v) is 5.25. The molecular weight excluding hydrogens is 356 g/mol. The number of hydrogen-bond donors (Lipinski definition) is 2. The van der Waals surface area contributed by atoms with E-state index in [1.807, 2.05) is 30.0 Å². The highest BCUT2D eigenvalue weighted by Gasteiger charge is 2.43. The Balaban J connectivity index is 0.00000182. The molecule has 1 aromatic rings. The van der Waals surface area contributed by atoms with Crippen molar-refractivity contribution >= 4 is 30.1 Å². The normalized spacial score (nSPS) is 27.0. The largest absolute Gasteiger partial charge is 0.487 e. The molecular formula is C19H27ClN2O2S. The number of fused-ring (bicyclic) bond motifs is 1. The van der Waals surface area contributed by atoms with Gasteiger partial charge in [-0.05, 0) is 31.7 Å². The number of nitrogens with one attached hydrogen (secondary N) is 2. The van der Waals surface area contributed by atoms with E-state index in [1.165, 1.54) is 12.8 Å². The van der Waals surface area contributed by atoms with Crippen LogP contribution in [0.4, 0.5) is 0 Å². The summed E-state index contributed by atoms with van der Waals surface area (Å²) in [5.74, 6) is 3.29. The van der Waals surface area contributed by atoms with E-state index in [1.54, 1.807) is 0 Å². The minimum absolute atomic E-state index is 0. The van der Waals surface area contributed by atoms with Crippen molar-refractivity contribution in [3.8, 4) is 5.75 Å². The van der Waals surface area contributed by atoms with Crippen LogP contribution < -0.4 is 15.4 Å². The Labute approximate surface area is 160 Å².